The van der Waals surface area contributed by atoms with Crippen LogP contribution in [0.3, 0.4) is 0 Å². The molecule has 0 radical (unpaired) electrons. The van der Waals surface area contributed by atoms with E-state index >= 15 is 0 Å². The molecule has 2 unspecified atom stereocenters. The van der Waals surface area contributed by atoms with Crippen molar-refractivity contribution in [2.75, 3.05) is 43.0 Å². The lowest BCUT2D eigenvalue weighted by atomic mass is 9.77. The van der Waals surface area contributed by atoms with Gasteiger partial charge in [0.1, 0.15) is 0 Å². The van der Waals surface area contributed by atoms with E-state index in [9.17, 15) is 0 Å². The lowest BCUT2D eigenvalue weighted by molar-refractivity contribution is 0.234. The summed E-state index contributed by atoms with van der Waals surface area (Å²) in [5, 5.41) is 3.51. The van der Waals surface area contributed by atoms with Crippen molar-refractivity contribution < 1.29 is 0 Å². The third-order valence-electron chi connectivity index (χ3n) is 4.71. The second-order valence-corrected chi connectivity index (χ2v) is 5.82. The zero-order valence-corrected chi connectivity index (χ0v) is 12.1. The van der Waals surface area contributed by atoms with Crippen molar-refractivity contribution in [2.24, 2.45) is 5.92 Å². The zero-order chi connectivity index (χ0) is 13.2. The molecule has 104 valence electrons. The van der Waals surface area contributed by atoms with Gasteiger partial charge in [0.2, 0.25) is 0 Å². The van der Waals surface area contributed by atoms with Gasteiger partial charge >= 0.3 is 0 Å². The molecule has 1 N–H and O–H groups in total. The second kappa shape index (κ2) is 5.41. The van der Waals surface area contributed by atoms with Crippen LogP contribution in [0.4, 0.5) is 11.4 Å². The summed E-state index contributed by atoms with van der Waals surface area (Å²) in [4.78, 5) is 5.03. The summed E-state index contributed by atoms with van der Waals surface area (Å²) in [6.07, 6.45) is 2.74. The number of nitrogens with zero attached hydrogens (tertiary/aromatic N) is 2. The summed E-state index contributed by atoms with van der Waals surface area (Å²) in [6.45, 7) is 6.76. The maximum atomic E-state index is 3.51. The van der Waals surface area contributed by atoms with Crippen molar-refractivity contribution in [1.82, 2.24) is 5.32 Å². The van der Waals surface area contributed by atoms with E-state index in [-0.39, 0.29) is 0 Å². The van der Waals surface area contributed by atoms with Crippen LogP contribution in [0.2, 0.25) is 0 Å². The van der Waals surface area contributed by atoms with Gasteiger partial charge in [-0.25, -0.2) is 0 Å². The highest BCUT2D eigenvalue weighted by molar-refractivity contribution is 5.73. The van der Waals surface area contributed by atoms with E-state index in [1.807, 2.05) is 0 Å². The van der Waals surface area contributed by atoms with Crippen molar-refractivity contribution in [3.63, 3.8) is 0 Å². The molecule has 2 aliphatic rings. The number of rotatable bonds is 4. The lowest BCUT2D eigenvalue weighted by Gasteiger charge is -2.49. The Balaban J connectivity index is 1.77. The molecule has 1 aliphatic carbocycles. The highest BCUT2D eigenvalue weighted by atomic mass is 15.3. The number of hydrogen-bond donors (Lipinski definition) is 1. The summed E-state index contributed by atoms with van der Waals surface area (Å²) in [7, 11) is 2.20. The van der Waals surface area contributed by atoms with Gasteiger partial charge in [-0.1, -0.05) is 19.1 Å². The van der Waals surface area contributed by atoms with E-state index < -0.39 is 0 Å². The molecule has 0 amide bonds. The van der Waals surface area contributed by atoms with Crippen LogP contribution in [0.5, 0.6) is 0 Å². The van der Waals surface area contributed by atoms with E-state index in [2.05, 4.69) is 53.4 Å². The first-order chi connectivity index (χ1) is 9.31. The largest absolute Gasteiger partial charge is 0.371 e. The van der Waals surface area contributed by atoms with Crippen LogP contribution in [0, 0.1) is 5.92 Å². The molecule has 0 saturated heterocycles. The number of likely N-dealkylation sites (N-methyl/N-ethyl adjacent to an activating group) is 1. The van der Waals surface area contributed by atoms with E-state index in [0.29, 0.717) is 0 Å². The summed E-state index contributed by atoms with van der Waals surface area (Å²) in [6, 6.07) is 9.60. The maximum absolute atomic E-state index is 3.51. The van der Waals surface area contributed by atoms with Gasteiger partial charge in [-0.3, -0.25) is 0 Å². The highest BCUT2D eigenvalue weighted by Crippen LogP contribution is 2.40. The van der Waals surface area contributed by atoms with Gasteiger partial charge in [0, 0.05) is 26.2 Å². The molecule has 1 aliphatic heterocycles. The molecule has 1 saturated carbocycles. The zero-order valence-electron chi connectivity index (χ0n) is 12.1. The normalized spacial score (nSPS) is 26.0. The number of para-hydroxylation sites is 2. The lowest BCUT2D eigenvalue weighted by Crippen LogP contribution is -2.54. The molecule has 19 heavy (non-hydrogen) atoms. The summed E-state index contributed by atoms with van der Waals surface area (Å²) >= 11 is 0. The Morgan fingerprint density at radius 1 is 1.16 bits per heavy atom. The summed E-state index contributed by atoms with van der Waals surface area (Å²) < 4.78 is 0. The van der Waals surface area contributed by atoms with E-state index in [1.54, 1.807) is 0 Å². The van der Waals surface area contributed by atoms with Crippen molar-refractivity contribution >= 4 is 11.4 Å². The average Bonchev–Trinajstić information content (AvgIpc) is 2.41. The Labute approximate surface area is 116 Å². The first kappa shape index (κ1) is 12.8. The SMILES string of the molecule is CCNCC1CCC1N1CCN(C)c2ccccc21. The van der Waals surface area contributed by atoms with Gasteiger partial charge < -0.3 is 15.1 Å². The van der Waals surface area contributed by atoms with E-state index in [4.69, 9.17) is 0 Å². The van der Waals surface area contributed by atoms with Crippen LogP contribution in [0.25, 0.3) is 0 Å². The van der Waals surface area contributed by atoms with Gasteiger partial charge in [-0.2, -0.15) is 0 Å². The number of benzene rings is 1. The van der Waals surface area contributed by atoms with Crippen LogP contribution in [-0.2, 0) is 0 Å². The highest BCUT2D eigenvalue weighted by Gasteiger charge is 2.37. The molecule has 1 heterocycles. The van der Waals surface area contributed by atoms with Gasteiger partial charge in [0.05, 0.1) is 11.4 Å². The molecule has 0 spiro atoms. The van der Waals surface area contributed by atoms with Crippen molar-refractivity contribution in [3.8, 4) is 0 Å². The standard InChI is InChI=1S/C16H25N3/c1-3-17-12-13-8-9-14(13)19-11-10-18(2)15-6-4-5-7-16(15)19/h4-7,13-14,17H,3,8-12H2,1-2H3. The van der Waals surface area contributed by atoms with E-state index in [1.165, 1.54) is 37.3 Å². The van der Waals surface area contributed by atoms with Crippen molar-refractivity contribution in [2.45, 2.75) is 25.8 Å². The molecule has 3 nitrogen and oxygen atoms in total. The first-order valence-electron chi connectivity index (χ1n) is 7.58. The van der Waals surface area contributed by atoms with Crippen molar-refractivity contribution in [1.29, 1.82) is 0 Å². The minimum absolute atomic E-state index is 0.744. The molecule has 0 aromatic heterocycles. The van der Waals surface area contributed by atoms with E-state index in [0.717, 1.165) is 25.0 Å². The quantitative estimate of drug-likeness (QED) is 0.895. The predicted octanol–water partition coefficient (Wildman–Crippen LogP) is 2.33. The molecular weight excluding hydrogens is 234 g/mol. The monoisotopic (exact) mass is 259 g/mol. The molecule has 3 heteroatoms. The van der Waals surface area contributed by atoms with Gasteiger partial charge in [-0.15, -0.1) is 0 Å². The average molecular weight is 259 g/mol. The predicted molar refractivity (Wildman–Crippen MR) is 82.1 cm³/mol. The Morgan fingerprint density at radius 2 is 1.95 bits per heavy atom. The minimum atomic E-state index is 0.744. The number of anilines is 2. The minimum Gasteiger partial charge on any atom is -0.371 e. The van der Waals surface area contributed by atoms with Crippen LogP contribution >= 0.6 is 0 Å². The third kappa shape index (κ3) is 2.32. The first-order valence-corrected chi connectivity index (χ1v) is 7.58. The Morgan fingerprint density at radius 3 is 2.63 bits per heavy atom. The van der Waals surface area contributed by atoms with Crippen molar-refractivity contribution in [3.05, 3.63) is 24.3 Å². The Bertz CT molecular complexity index is 432. The van der Waals surface area contributed by atoms with Gasteiger partial charge in [-0.05, 0) is 44.0 Å². The topological polar surface area (TPSA) is 18.5 Å². The Hall–Kier alpha value is -1.22. The Kier molecular flexibility index (Phi) is 3.65. The molecule has 3 rings (SSSR count). The van der Waals surface area contributed by atoms with Crippen LogP contribution in [-0.4, -0.2) is 39.3 Å². The molecule has 2 atom stereocenters. The number of nitrogens with one attached hydrogen (secondary N) is 1. The fraction of sp³-hybridized carbons (Fsp3) is 0.625. The molecule has 0 bridgehead atoms. The molecule has 1 fully saturated rings. The molecule has 1 aromatic carbocycles. The number of hydrogen-bond acceptors (Lipinski definition) is 3. The van der Waals surface area contributed by atoms with Crippen LogP contribution in [0.15, 0.2) is 24.3 Å². The smallest absolute Gasteiger partial charge is 0.0607 e. The molecule has 1 aromatic rings. The van der Waals surface area contributed by atoms with Crippen LogP contribution in [0.1, 0.15) is 19.8 Å². The third-order valence-corrected chi connectivity index (χ3v) is 4.71. The van der Waals surface area contributed by atoms with Gasteiger partial charge in [0.15, 0.2) is 0 Å². The summed E-state index contributed by atoms with van der Waals surface area (Å²) in [5.41, 5.74) is 2.82. The number of fused-ring (bicyclic) bond motifs is 1. The fourth-order valence-corrected chi connectivity index (χ4v) is 3.40. The van der Waals surface area contributed by atoms with Crippen LogP contribution < -0.4 is 15.1 Å². The van der Waals surface area contributed by atoms with Gasteiger partial charge in [0.25, 0.3) is 0 Å². The summed E-state index contributed by atoms with van der Waals surface area (Å²) in [5.74, 6) is 0.830. The maximum Gasteiger partial charge on any atom is 0.0607 e. The molecular formula is C16H25N3. The second-order valence-electron chi connectivity index (χ2n) is 5.82. The fourth-order valence-electron chi connectivity index (χ4n) is 3.40.